The normalized spacial score (nSPS) is 20.0. The minimum Gasteiger partial charge on any atom is -0.447 e. The van der Waals surface area contributed by atoms with Gasteiger partial charge in [0.25, 0.3) is 5.91 Å². The molecule has 2 aliphatic rings. The van der Waals surface area contributed by atoms with Crippen molar-refractivity contribution >= 4 is 33.6 Å². The van der Waals surface area contributed by atoms with Crippen LogP contribution >= 0.6 is 11.3 Å². The largest absolute Gasteiger partial charge is 0.447 e. The Morgan fingerprint density at radius 1 is 1.13 bits per heavy atom. The van der Waals surface area contributed by atoms with Crippen LogP contribution < -0.4 is 0 Å². The number of hydrogen-bond acceptors (Lipinski definition) is 5. The van der Waals surface area contributed by atoms with Crippen LogP contribution in [0.15, 0.2) is 54.0 Å². The minimum absolute atomic E-state index is 0.0496. The number of thiazole rings is 1. The lowest BCUT2D eigenvalue weighted by molar-refractivity contribution is 0.0637. The zero-order chi connectivity index (χ0) is 20.5. The van der Waals surface area contributed by atoms with Gasteiger partial charge in [-0.3, -0.25) is 9.69 Å². The Kier molecular flexibility index (Phi) is 5.12. The maximum atomic E-state index is 13.0. The van der Waals surface area contributed by atoms with Crippen molar-refractivity contribution in [3.05, 3.63) is 65.2 Å². The number of cyclic esters (lactones) is 1. The Hall–Kier alpha value is -2.93. The number of carbonyl (C=O) groups is 2. The smallest absolute Gasteiger partial charge is 0.410 e. The highest BCUT2D eigenvalue weighted by Gasteiger charge is 2.39. The van der Waals surface area contributed by atoms with E-state index in [1.807, 2.05) is 46.2 Å². The molecule has 0 saturated carbocycles. The summed E-state index contributed by atoms with van der Waals surface area (Å²) in [5.74, 6) is 0.0496. The molecule has 1 aromatic heterocycles. The Bertz CT molecular complexity index is 1060. The molecule has 1 atom stereocenters. The molecule has 3 heterocycles. The van der Waals surface area contributed by atoms with Crippen molar-refractivity contribution in [1.82, 2.24) is 14.8 Å². The van der Waals surface area contributed by atoms with E-state index >= 15 is 0 Å². The molecule has 0 radical (unpaired) electrons. The molecule has 0 bridgehead atoms. The molecule has 154 valence electrons. The summed E-state index contributed by atoms with van der Waals surface area (Å²) in [4.78, 5) is 33.5. The summed E-state index contributed by atoms with van der Waals surface area (Å²) in [7, 11) is 0. The SMILES string of the molecule is O=C(c1ccc2ncsc2c1)N1CCC(N2C(=O)OC[C@@H]2Cc2ccccc2)CC1. The van der Waals surface area contributed by atoms with Gasteiger partial charge in [-0.05, 0) is 43.0 Å². The van der Waals surface area contributed by atoms with Gasteiger partial charge in [0.2, 0.25) is 0 Å². The van der Waals surface area contributed by atoms with Gasteiger partial charge in [-0.25, -0.2) is 9.78 Å². The predicted molar refractivity (Wildman–Crippen MR) is 116 cm³/mol. The van der Waals surface area contributed by atoms with Crippen LogP contribution in [0.1, 0.15) is 28.8 Å². The fourth-order valence-electron chi connectivity index (χ4n) is 4.48. The molecule has 2 aliphatic heterocycles. The average molecular weight is 422 g/mol. The standard InChI is InChI=1S/C23H23N3O3S/c27-22(17-6-7-20-21(13-17)30-15-24-20)25-10-8-18(9-11-25)26-19(14-29-23(26)28)12-16-4-2-1-3-5-16/h1-7,13,15,18-19H,8-12,14H2/t19-/m0/s1. The zero-order valence-corrected chi connectivity index (χ0v) is 17.4. The first kappa shape index (κ1) is 19.1. The number of piperidine rings is 1. The highest BCUT2D eigenvalue weighted by atomic mass is 32.1. The fourth-order valence-corrected chi connectivity index (χ4v) is 5.20. The van der Waals surface area contributed by atoms with E-state index in [-0.39, 0.29) is 24.1 Å². The summed E-state index contributed by atoms with van der Waals surface area (Å²) in [6, 6.07) is 16.1. The molecule has 2 aromatic carbocycles. The van der Waals surface area contributed by atoms with Gasteiger partial charge in [0, 0.05) is 24.7 Å². The summed E-state index contributed by atoms with van der Waals surface area (Å²) in [5, 5.41) is 0. The average Bonchev–Trinajstić information content (AvgIpc) is 3.40. The van der Waals surface area contributed by atoms with Gasteiger partial charge < -0.3 is 9.64 Å². The van der Waals surface area contributed by atoms with Crippen LogP contribution in [0.2, 0.25) is 0 Å². The molecule has 2 amide bonds. The van der Waals surface area contributed by atoms with E-state index < -0.39 is 0 Å². The van der Waals surface area contributed by atoms with Crippen molar-refractivity contribution in [2.75, 3.05) is 19.7 Å². The number of likely N-dealkylation sites (tertiary alicyclic amines) is 1. The van der Waals surface area contributed by atoms with Crippen molar-refractivity contribution in [2.24, 2.45) is 0 Å². The van der Waals surface area contributed by atoms with Crippen LogP contribution in [-0.4, -0.2) is 58.6 Å². The molecule has 2 fully saturated rings. The third-order valence-corrected chi connectivity index (χ3v) is 6.83. The second-order valence-corrected chi connectivity index (χ2v) is 8.77. The number of rotatable bonds is 4. The Morgan fingerprint density at radius 3 is 2.73 bits per heavy atom. The first-order chi connectivity index (χ1) is 14.7. The molecule has 0 N–H and O–H groups in total. The lowest BCUT2D eigenvalue weighted by Gasteiger charge is -2.38. The first-order valence-electron chi connectivity index (χ1n) is 10.3. The van der Waals surface area contributed by atoms with Gasteiger partial charge >= 0.3 is 6.09 Å². The van der Waals surface area contributed by atoms with Crippen molar-refractivity contribution in [3.8, 4) is 0 Å². The maximum absolute atomic E-state index is 13.0. The number of hydrogen-bond donors (Lipinski definition) is 0. The molecule has 5 rings (SSSR count). The number of carbonyl (C=O) groups excluding carboxylic acids is 2. The lowest BCUT2D eigenvalue weighted by Crippen LogP contribution is -2.50. The number of nitrogens with zero attached hydrogens (tertiary/aromatic N) is 3. The van der Waals surface area contributed by atoms with Gasteiger partial charge in [0.15, 0.2) is 0 Å². The number of amides is 2. The summed E-state index contributed by atoms with van der Waals surface area (Å²) >= 11 is 1.54. The monoisotopic (exact) mass is 421 g/mol. The molecule has 0 spiro atoms. The Morgan fingerprint density at radius 2 is 1.93 bits per heavy atom. The molecule has 30 heavy (non-hydrogen) atoms. The number of aromatic nitrogens is 1. The quantitative estimate of drug-likeness (QED) is 0.640. The van der Waals surface area contributed by atoms with E-state index in [1.54, 1.807) is 16.8 Å². The highest BCUT2D eigenvalue weighted by Crippen LogP contribution is 2.27. The topological polar surface area (TPSA) is 62.7 Å². The van der Waals surface area contributed by atoms with E-state index in [0.29, 0.717) is 25.3 Å². The minimum atomic E-state index is -0.226. The first-order valence-corrected chi connectivity index (χ1v) is 11.2. The Labute approximate surface area is 179 Å². The van der Waals surface area contributed by atoms with Gasteiger partial charge in [-0.2, -0.15) is 0 Å². The molecular weight excluding hydrogens is 398 g/mol. The second-order valence-electron chi connectivity index (χ2n) is 7.89. The molecular formula is C23H23N3O3S. The van der Waals surface area contributed by atoms with Gasteiger partial charge in [0.1, 0.15) is 6.61 Å². The van der Waals surface area contributed by atoms with Gasteiger partial charge in [0.05, 0.1) is 21.8 Å². The molecule has 2 saturated heterocycles. The summed E-state index contributed by atoms with van der Waals surface area (Å²) < 4.78 is 6.41. The molecule has 3 aromatic rings. The van der Waals surface area contributed by atoms with Crippen LogP contribution in [0.25, 0.3) is 10.2 Å². The van der Waals surface area contributed by atoms with Crippen molar-refractivity contribution in [1.29, 1.82) is 0 Å². The third kappa shape index (κ3) is 3.65. The van der Waals surface area contributed by atoms with Crippen molar-refractivity contribution in [3.63, 3.8) is 0 Å². The van der Waals surface area contributed by atoms with Gasteiger partial charge in [-0.1, -0.05) is 30.3 Å². The predicted octanol–water partition coefficient (Wildman–Crippen LogP) is 3.96. The van der Waals surface area contributed by atoms with E-state index in [2.05, 4.69) is 17.1 Å². The Balaban J connectivity index is 1.24. The van der Waals surface area contributed by atoms with Gasteiger partial charge in [-0.15, -0.1) is 11.3 Å². The summed E-state index contributed by atoms with van der Waals surface area (Å²) in [6.07, 6.45) is 2.11. The third-order valence-electron chi connectivity index (χ3n) is 6.04. The van der Waals surface area contributed by atoms with E-state index in [4.69, 9.17) is 4.74 Å². The molecule has 6 nitrogen and oxygen atoms in total. The van der Waals surface area contributed by atoms with Crippen LogP contribution in [0.3, 0.4) is 0 Å². The second kappa shape index (κ2) is 8.07. The van der Waals surface area contributed by atoms with E-state index in [1.165, 1.54) is 5.56 Å². The van der Waals surface area contributed by atoms with Crippen molar-refractivity contribution < 1.29 is 14.3 Å². The van der Waals surface area contributed by atoms with E-state index in [9.17, 15) is 9.59 Å². The molecule has 0 unspecified atom stereocenters. The summed E-state index contributed by atoms with van der Waals surface area (Å²) in [5.41, 5.74) is 4.63. The highest BCUT2D eigenvalue weighted by molar-refractivity contribution is 7.16. The lowest BCUT2D eigenvalue weighted by atomic mass is 9.98. The van der Waals surface area contributed by atoms with Crippen LogP contribution in [0.5, 0.6) is 0 Å². The zero-order valence-electron chi connectivity index (χ0n) is 16.6. The molecule has 0 aliphatic carbocycles. The van der Waals surface area contributed by atoms with E-state index in [0.717, 1.165) is 29.5 Å². The number of fused-ring (bicyclic) bond motifs is 1. The number of benzene rings is 2. The number of ether oxygens (including phenoxy) is 1. The van der Waals surface area contributed by atoms with Crippen molar-refractivity contribution in [2.45, 2.75) is 31.3 Å². The molecule has 7 heteroatoms. The maximum Gasteiger partial charge on any atom is 0.410 e. The van der Waals surface area contributed by atoms with Crippen LogP contribution in [-0.2, 0) is 11.2 Å². The fraction of sp³-hybridized carbons (Fsp3) is 0.348. The van der Waals surface area contributed by atoms with Crippen LogP contribution in [0, 0.1) is 0 Å². The summed E-state index contributed by atoms with van der Waals surface area (Å²) in [6.45, 7) is 1.72. The van der Waals surface area contributed by atoms with Crippen LogP contribution in [0.4, 0.5) is 4.79 Å².